The summed E-state index contributed by atoms with van der Waals surface area (Å²) < 4.78 is 5.68. The van der Waals surface area contributed by atoms with Gasteiger partial charge in [0.25, 0.3) is 0 Å². The number of alkyl carbamates (subject to hydrolysis) is 1. The minimum absolute atomic E-state index is 0.0327. The molecule has 4 amide bonds. The molecule has 0 saturated heterocycles. The number of carbonyl (C=O) groups excluding carboxylic acids is 4. The van der Waals surface area contributed by atoms with E-state index >= 15 is 0 Å². The third-order valence-corrected chi connectivity index (χ3v) is 8.56. The monoisotopic (exact) mass is 680 g/mol. The van der Waals surface area contributed by atoms with E-state index in [2.05, 4.69) is 38.7 Å². The van der Waals surface area contributed by atoms with E-state index in [0.717, 1.165) is 67.7 Å². The molecule has 3 rings (SSSR count). The molecule has 1 aliphatic rings. The molecule has 0 radical (unpaired) electrons. The minimum Gasteiger partial charge on any atom is -0.449 e. The number of nitrogens with two attached hydrogens (primary N) is 3. The largest absolute Gasteiger partial charge is 0.449 e. The Morgan fingerprint density at radius 3 is 1.84 bits per heavy atom. The van der Waals surface area contributed by atoms with Crippen molar-refractivity contribution in [3.05, 3.63) is 59.7 Å². The summed E-state index contributed by atoms with van der Waals surface area (Å²) in [6.45, 7) is 5.14. The van der Waals surface area contributed by atoms with Crippen LogP contribution in [0.3, 0.4) is 0 Å². The molecule has 0 fully saturated rings. The zero-order valence-corrected chi connectivity index (χ0v) is 28.6. The third kappa shape index (κ3) is 13.8. The summed E-state index contributed by atoms with van der Waals surface area (Å²) in [7, 11) is 0. The van der Waals surface area contributed by atoms with Gasteiger partial charge in [0, 0.05) is 18.9 Å². The van der Waals surface area contributed by atoms with Crippen LogP contribution in [0.2, 0.25) is 0 Å². The molecule has 0 heterocycles. The van der Waals surface area contributed by atoms with Crippen molar-refractivity contribution < 1.29 is 23.9 Å². The van der Waals surface area contributed by atoms with Crippen LogP contribution in [-0.4, -0.2) is 88.3 Å². The van der Waals surface area contributed by atoms with E-state index in [0.29, 0.717) is 45.3 Å². The lowest BCUT2D eigenvalue weighted by Gasteiger charge is -2.23. The number of primary amides is 1. The number of hydrogen-bond acceptors (Lipinski definition) is 9. The van der Waals surface area contributed by atoms with Crippen molar-refractivity contribution in [1.29, 1.82) is 0 Å². The maximum Gasteiger partial charge on any atom is 0.407 e. The zero-order chi connectivity index (χ0) is 35.3. The van der Waals surface area contributed by atoms with Crippen molar-refractivity contribution in [3.63, 3.8) is 0 Å². The van der Waals surface area contributed by atoms with Crippen molar-refractivity contribution in [2.75, 3.05) is 52.4 Å². The molecular weight excluding hydrogens is 624 g/mol. The Labute approximate surface area is 290 Å². The Balaban J connectivity index is 1.50. The molecule has 270 valence electrons. The summed E-state index contributed by atoms with van der Waals surface area (Å²) in [5.74, 6) is -1.68. The molecular formula is C36H56N8O5. The van der Waals surface area contributed by atoms with Crippen LogP contribution in [0.5, 0.6) is 0 Å². The normalized spacial score (nSPS) is 13.2. The molecule has 0 spiro atoms. The van der Waals surface area contributed by atoms with Gasteiger partial charge in [0.05, 0.1) is 0 Å². The molecule has 13 nitrogen and oxygen atoms in total. The maximum atomic E-state index is 13.5. The average molecular weight is 681 g/mol. The fraction of sp³-hybridized carbons (Fsp3) is 0.556. The number of unbranched alkanes of at least 4 members (excludes halogenated alkanes) is 2. The highest BCUT2D eigenvalue weighted by Gasteiger charge is 2.31. The van der Waals surface area contributed by atoms with Gasteiger partial charge in [0.15, 0.2) is 0 Å². The Hall–Kier alpha value is -4.04. The van der Waals surface area contributed by atoms with E-state index in [1.54, 1.807) is 0 Å². The highest BCUT2D eigenvalue weighted by molar-refractivity contribution is 5.91. The summed E-state index contributed by atoms with van der Waals surface area (Å²) in [5.41, 5.74) is 20.9. The first-order valence-electron chi connectivity index (χ1n) is 17.6. The molecule has 2 aromatic rings. The SMILES string of the molecule is NCCCCC(NC(=O)OCC1c2ccccc2-c2ccccc21)C(=O)NC(CCC(N)=O)C(=O)NCCCNCCCCNCCCN. The maximum absolute atomic E-state index is 13.5. The van der Waals surface area contributed by atoms with Gasteiger partial charge in [-0.3, -0.25) is 14.4 Å². The summed E-state index contributed by atoms with van der Waals surface area (Å²) in [6.07, 6.45) is 4.53. The van der Waals surface area contributed by atoms with E-state index in [1.807, 2.05) is 36.4 Å². The molecule has 2 atom stereocenters. The molecule has 49 heavy (non-hydrogen) atoms. The fourth-order valence-electron chi connectivity index (χ4n) is 5.90. The molecule has 0 saturated carbocycles. The van der Waals surface area contributed by atoms with Crippen LogP contribution in [0.1, 0.15) is 74.8 Å². The van der Waals surface area contributed by atoms with Crippen LogP contribution in [-0.2, 0) is 19.1 Å². The standard InChI is InChI=1S/C36H56N8O5/c37-18-6-5-15-31(44-36(48)49-25-30-28-13-3-1-11-26(28)27-12-2-4-14-29(27)30)35(47)43-32(16-17-33(39)45)34(46)42-24-10-23-41-21-8-7-20-40-22-9-19-38/h1-4,11-14,30-32,40-41H,5-10,15-25,37-38H2,(H2,39,45)(H,42,46)(H,43,47)(H,44,48). The predicted molar refractivity (Wildman–Crippen MR) is 192 cm³/mol. The zero-order valence-electron chi connectivity index (χ0n) is 28.6. The first-order valence-corrected chi connectivity index (χ1v) is 17.6. The van der Waals surface area contributed by atoms with Crippen molar-refractivity contribution in [1.82, 2.24) is 26.6 Å². The van der Waals surface area contributed by atoms with Gasteiger partial charge in [0.1, 0.15) is 18.7 Å². The van der Waals surface area contributed by atoms with Crippen LogP contribution >= 0.6 is 0 Å². The van der Waals surface area contributed by atoms with Gasteiger partial charge in [-0.1, -0.05) is 48.5 Å². The quantitative estimate of drug-likeness (QED) is 0.0714. The Bertz CT molecular complexity index is 1280. The van der Waals surface area contributed by atoms with Gasteiger partial charge >= 0.3 is 6.09 Å². The van der Waals surface area contributed by atoms with Crippen molar-refractivity contribution in [2.24, 2.45) is 17.2 Å². The van der Waals surface area contributed by atoms with Crippen molar-refractivity contribution in [3.8, 4) is 11.1 Å². The second-order valence-corrected chi connectivity index (χ2v) is 12.4. The van der Waals surface area contributed by atoms with Gasteiger partial charge in [0.2, 0.25) is 17.7 Å². The van der Waals surface area contributed by atoms with E-state index in [4.69, 9.17) is 21.9 Å². The molecule has 2 aromatic carbocycles. The second kappa shape index (κ2) is 22.6. The topological polar surface area (TPSA) is 216 Å². The van der Waals surface area contributed by atoms with Gasteiger partial charge in [-0.15, -0.1) is 0 Å². The highest BCUT2D eigenvalue weighted by Crippen LogP contribution is 2.44. The first kappa shape index (κ1) is 39.4. The molecule has 2 unspecified atom stereocenters. The average Bonchev–Trinajstić information content (AvgIpc) is 3.42. The van der Waals surface area contributed by atoms with Crippen LogP contribution in [0.4, 0.5) is 4.79 Å². The lowest BCUT2D eigenvalue weighted by atomic mass is 9.98. The molecule has 13 heteroatoms. The predicted octanol–water partition coefficient (Wildman–Crippen LogP) is 1.59. The fourth-order valence-corrected chi connectivity index (χ4v) is 5.90. The summed E-state index contributed by atoms with van der Waals surface area (Å²) >= 11 is 0. The molecule has 0 bridgehead atoms. The second-order valence-electron chi connectivity index (χ2n) is 12.4. The van der Waals surface area contributed by atoms with Gasteiger partial charge in [-0.05, 0) is 113 Å². The summed E-state index contributed by atoms with van der Waals surface area (Å²) in [6, 6.07) is 14.1. The first-order chi connectivity index (χ1) is 23.8. The van der Waals surface area contributed by atoms with E-state index in [-0.39, 0.29) is 25.4 Å². The molecule has 11 N–H and O–H groups in total. The van der Waals surface area contributed by atoms with Crippen LogP contribution in [0.25, 0.3) is 11.1 Å². The van der Waals surface area contributed by atoms with Gasteiger partial charge in [-0.2, -0.15) is 0 Å². The van der Waals surface area contributed by atoms with Gasteiger partial charge < -0.3 is 48.5 Å². The van der Waals surface area contributed by atoms with E-state index in [9.17, 15) is 19.2 Å². The number of amides is 4. The lowest BCUT2D eigenvalue weighted by Crippen LogP contribution is -2.54. The van der Waals surface area contributed by atoms with Gasteiger partial charge in [-0.25, -0.2) is 4.79 Å². The van der Waals surface area contributed by atoms with E-state index < -0.39 is 35.9 Å². The van der Waals surface area contributed by atoms with E-state index in [1.165, 1.54) is 0 Å². The number of rotatable bonds is 25. The third-order valence-electron chi connectivity index (χ3n) is 8.56. The number of benzene rings is 2. The molecule has 0 aromatic heterocycles. The number of ether oxygens (including phenoxy) is 1. The van der Waals surface area contributed by atoms with Crippen LogP contribution in [0, 0.1) is 0 Å². The van der Waals surface area contributed by atoms with Crippen molar-refractivity contribution in [2.45, 2.75) is 75.8 Å². The number of nitrogens with one attached hydrogen (secondary N) is 5. The smallest absolute Gasteiger partial charge is 0.407 e. The van der Waals surface area contributed by atoms with Crippen molar-refractivity contribution >= 4 is 23.8 Å². The van der Waals surface area contributed by atoms with Crippen LogP contribution in [0.15, 0.2) is 48.5 Å². The summed E-state index contributed by atoms with van der Waals surface area (Å²) in [4.78, 5) is 51.2. The Morgan fingerprint density at radius 2 is 1.22 bits per heavy atom. The number of hydrogen-bond donors (Lipinski definition) is 8. The number of carbonyl (C=O) groups is 4. The lowest BCUT2D eigenvalue weighted by molar-refractivity contribution is -0.130. The molecule has 0 aliphatic heterocycles. The van der Waals surface area contributed by atoms with Crippen LogP contribution < -0.4 is 43.8 Å². The Kier molecular flexibility index (Phi) is 18.1. The highest BCUT2D eigenvalue weighted by atomic mass is 16.5. The Morgan fingerprint density at radius 1 is 0.653 bits per heavy atom. The molecule has 1 aliphatic carbocycles. The minimum atomic E-state index is -0.999. The number of fused-ring (bicyclic) bond motifs is 3. The summed E-state index contributed by atoms with van der Waals surface area (Å²) in [5, 5.41) is 15.0.